The number of rotatable bonds is 3. The van der Waals surface area contributed by atoms with E-state index in [1.165, 1.54) is 0 Å². The van der Waals surface area contributed by atoms with Crippen molar-refractivity contribution in [1.82, 2.24) is 0 Å². The molecule has 1 unspecified atom stereocenters. The van der Waals surface area contributed by atoms with E-state index in [1.807, 2.05) is 18.2 Å². The van der Waals surface area contributed by atoms with Gasteiger partial charge in [0.05, 0.1) is 0 Å². The molecule has 0 radical (unpaired) electrons. The number of para-hydroxylation sites is 1. The van der Waals surface area contributed by atoms with Crippen LogP contribution in [0.5, 0.6) is 0 Å². The van der Waals surface area contributed by atoms with Crippen molar-refractivity contribution in [3.8, 4) is 0 Å². The van der Waals surface area contributed by atoms with Gasteiger partial charge in [-0.25, -0.2) is 0 Å². The molecule has 0 bridgehead atoms. The molecule has 2 nitrogen and oxygen atoms in total. The monoisotopic (exact) mass is 313 g/mol. The number of halogens is 3. The first-order valence-electron chi connectivity index (χ1n) is 5.53. The first-order chi connectivity index (χ1) is 9.09. The number of amides is 1. The van der Waals surface area contributed by atoms with E-state index >= 15 is 0 Å². The Morgan fingerprint density at radius 2 is 1.53 bits per heavy atom. The van der Waals surface area contributed by atoms with Gasteiger partial charge in [-0.15, -0.1) is 11.6 Å². The standard InChI is InChI=1S/C14H10Cl3NO/c15-10-7-4-8-11(16)12(10)13(17)14(19)18-9-5-2-1-3-6-9/h1-8,13H,(H,18,19). The van der Waals surface area contributed by atoms with Crippen molar-refractivity contribution >= 4 is 46.4 Å². The maximum atomic E-state index is 12.1. The van der Waals surface area contributed by atoms with Crippen LogP contribution in [0.25, 0.3) is 0 Å². The third kappa shape index (κ3) is 3.41. The molecule has 2 aromatic carbocycles. The second-order valence-electron chi connectivity index (χ2n) is 3.85. The number of carbonyl (C=O) groups is 1. The molecular weight excluding hydrogens is 305 g/mol. The van der Waals surface area contributed by atoms with Crippen molar-refractivity contribution in [2.45, 2.75) is 5.38 Å². The van der Waals surface area contributed by atoms with Gasteiger partial charge in [-0.1, -0.05) is 47.5 Å². The number of hydrogen-bond donors (Lipinski definition) is 1. The Bertz CT molecular complexity index is 566. The third-order valence-corrected chi connectivity index (χ3v) is 3.60. The van der Waals surface area contributed by atoms with Crippen LogP contribution in [0.15, 0.2) is 48.5 Å². The molecule has 0 aliphatic rings. The van der Waals surface area contributed by atoms with Crippen molar-refractivity contribution < 1.29 is 4.79 Å². The summed E-state index contributed by atoms with van der Waals surface area (Å²) in [6, 6.07) is 14.0. The van der Waals surface area contributed by atoms with Gasteiger partial charge >= 0.3 is 0 Å². The largest absolute Gasteiger partial charge is 0.325 e. The van der Waals surface area contributed by atoms with E-state index < -0.39 is 5.38 Å². The maximum absolute atomic E-state index is 12.1. The lowest BCUT2D eigenvalue weighted by molar-refractivity contribution is -0.116. The quantitative estimate of drug-likeness (QED) is 0.801. The summed E-state index contributed by atoms with van der Waals surface area (Å²) in [4.78, 5) is 12.1. The molecule has 0 heterocycles. The Labute approximate surface area is 126 Å². The van der Waals surface area contributed by atoms with Crippen LogP contribution < -0.4 is 5.32 Å². The highest BCUT2D eigenvalue weighted by atomic mass is 35.5. The van der Waals surface area contributed by atoms with Crippen LogP contribution in [0.1, 0.15) is 10.9 Å². The van der Waals surface area contributed by atoms with Crippen molar-refractivity contribution in [2.75, 3.05) is 5.32 Å². The Hall–Kier alpha value is -1.22. The number of hydrogen-bond acceptors (Lipinski definition) is 1. The van der Waals surface area contributed by atoms with Gasteiger partial charge < -0.3 is 5.32 Å². The lowest BCUT2D eigenvalue weighted by Gasteiger charge is -2.13. The predicted octanol–water partition coefficient (Wildman–Crippen LogP) is 4.91. The minimum atomic E-state index is -0.943. The van der Waals surface area contributed by atoms with Crippen molar-refractivity contribution in [3.05, 3.63) is 64.1 Å². The molecule has 0 aromatic heterocycles. The van der Waals surface area contributed by atoms with E-state index in [2.05, 4.69) is 5.32 Å². The summed E-state index contributed by atoms with van der Waals surface area (Å²) in [5.41, 5.74) is 1.09. The number of anilines is 1. The molecule has 0 fully saturated rings. The van der Waals surface area contributed by atoms with Crippen LogP contribution in [0, 0.1) is 0 Å². The topological polar surface area (TPSA) is 29.1 Å². The highest BCUT2D eigenvalue weighted by Gasteiger charge is 2.22. The van der Waals surface area contributed by atoms with Crippen LogP contribution in [-0.4, -0.2) is 5.91 Å². The Kier molecular flexibility index (Phi) is 4.70. The molecule has 1 atom stereocenters. The van der Waals surface area contributed by atoms with Crippen LogP contribution in [-0.2, 0) is 4.79 Å². The van der Waals surface area contributed by atoms with Crippen LogP contribution in [0.3, 0.4) is 0 Å². The molecule has 1 amide bonds. The molecule has 0 saturated carbocycles. The SMILES string of the molecule is O=C(Nc1ccccc1)C(Cl)c1c(Cl)cccc1Cl. The molecule has 1 N–H and O–H groups in total. The van der Waals surface area contributed by atoms with Gasteiger partial charge in [-0.05, 0) is 24.3 Å². The second-order valence-corrected chi connectivity index (χ2v) is 5.10. The molecule has 98 valence electrons. The summed E-state index contributed by atoms with van der Waals surface area (Å²) in [5, 5.41) is 2.51. The molecule has 0 saturated heterocycles. The summed E-state index contributed by atoms with van der Waals surface area (Å²) in [6.07, 6.45) is 0. The van der Waals surface area contributed by atoms with Crippen molar-refractivity contribution in [2.24, 2.45) is 0 Å². The van der Waals surface area contributed by atoms with E-state index in [0.717, 1.165) is 0 Å². The fourth-order valence-electron chi connectivity index (χ4n) is 1.61. The lowest BCUT2D eigenvalue weighted by atomic mass is 10.1. The summed E-state index contributed by atoms with van der Waals surface area (Å²) in [7, 11) is 0. The van der Waals surface area contributed by atoms with Gasteiger partial charge in [0, 0.05) is 21.3 Å². The van der Waals surface area contributed by atoms with Gasteiger partial charge in [-0.2, -0.15) is 0 Å². The van der Waals surface area contributed by atoms with Crippen LogP contribution in [0.4, 0.5) is 5.69 Å². The molecule has 0 aliphatic heterocycles. The predicted molar refractivity (Wildman–Crippen MR) is 80.1 cm³/mol. The van der Waals surface area contributed by atoms with Crippen LogP contribution in [0.2, 0.25) is 10.0 Å². The third-order valence-electron chi connectivity index (χ3n) is 2.52. The zero-order valence-electron chi connectivity index (χ0n) is 9.74. The van der Waals surface area contributed by atoms with E-state index in [-0.39, 0.29) is 5.91 Å². The van der Waals surface area contributed by atoms with Crippen LogP contribution >= 0.6 is 34.8 Å². The average molecular weight is 315 g/mol. The first-order valence-corrected chi connectivity index (χ1v) is 6.72. The summed E-state index contributed by atoms with van der Waals surface area (Å²) < 4.78 is 0. The van der Waals surface area contributed by atoms with E-state index in [4.69, 9.17) is 34.8 Å². The first kappa shape index (κ1) is 14.2. The molecule has 2 aromatic rings. The minimum Gasteiger partial charge on any atom is -0.325 e. The molecule has 0 spiro atoms. The Balaban J connectivity index is 2.20. The van der Waals surface area contributed by atoms with Crippen molar-refractivity contribution in [1.29, 1.82) is 0 Å². The molecule has 5 heteroatoms. The number of benzene rings is 2. The fraction of sp³-hybridized carbons (Fsp3) is 0.0714. The number of carbonyl (C=O) groups excluding carboxylic acids is 1. The second kappa shape index (κ2) is 6.29. The lowest BCUT2D eigenvalue weighted by Crippen LogP contribution is -2.17. The van der Waals surface area contributed by atoms with E-state index in [0.29, 0.717) is 21.3 Å². The molecule has 2 rings (SSSR count). The van der Waals surface area contributed by atoms with Gasteiger partial charge in [0.2, 0.25) is 5.91 Å². The van der Waals surface area contributed by atoms with Gasteiger partial charge in [0.25, 0.3) is 0 Å². The smallest absolute Gasteiger partial charge is 0.247 e. The average Bonchev–Trinajstić information content (AvgIpc) is 2.39. The Morgan fingerprint density at radius 3 is 2.11 bits per heavy atom. The zero-order valence-corrected chi connectivity index (χ0v) is 12.0. The van der Waals surface area contributed by atoms with Crippen molar-refractivity contribution in [3.63, 3.8) is 0 Å². The van der Waals surface area contributed by atoms with E-state index in [9.17, 15) is 4.79 Å². The van der Waals surface area contributed by atoms with Gasteiger partial charge in [0.15, 0.2) is 0 Å². The molecular formula is C14H10Cl3NO. The Morgan fingerprint density at radius 1 is 0.947 bits per heavy atom. The summed E-state index contributed by atoms with van der Waals surface area (Å²) in [5.74, 6) is -0.372. The highest BCUT2D eigenvalue weighted by molar-refractivity contribution is 6.40. The highest BCUT2D eigenvalue weighted by Crippen LogP contribution is 2.34. The van der Waals surface area contributed by atoms with Gasteiger partial charge in [0.1, 0.15) is 5.38 Å². The summed E-state index contributed by atoms with van der Waals surface area (Å²) in [6.45, 7) is 0. The zero-order chi connectivity index (χ0) is 13.8. The molecule has 19 heavy (non-hydrogen) atoms. The fourth-order valence-corrected chi connectivity index (χ4v) is 2.63. The normalized spacial score (nSPS) is 11.9. The molecule has 0 aliphatic carbocycles. The number of nitrogens with one attached hydrogen (secondary N) is 1. The summed E-state index contributed by atoms with van der Waals surface area (Å²) >= 11 is 18.2. The maximum Gasteiger partial charge on any atom is 0.247 e. The van der Waals surface area contributed by atoms with Gasteiger partial charge in [-0.3, -0.25) is 4.79 Å². The minimum absolute atomic E-state index is 0.371. The van der Waals surface area contributed by atoms with E-state index in [1.54, 1.807) is 30.3 Å². The number of alkyl halides is 1.